The van der Waals surface area contributed by atoms with Crippen LogP contribution in [0.3, 0.4) is 0 Å². The lowest BCUT2D eigenvalue weighted by Gasteiger charge is -2.45. The average molecular weight is 343 g/mol. The molecule has 0 N–H and O–H groups in total. The van der Waals surface area contributed by atoms with E-state index in [4.69, 9.17) is 4.74 Å². The van der Waals surface area contributed by atoms with Gasteiger partial charge in [-0.1, -0.05) is 37.6 Å². The smallest absolute Gasteiger partial charge is 0.310 e. The molecular weight excluding hydrogens is 314 g/mol. The number of aryl methyl sites for hydroxylation is 1. The van der Waals surface area contributed by atoms with Gasteiger partial charge in [0, 0.05) is 13.1 Å². The molecule has 2 fully saturated rings. The molecule has 4 heteroatoms. The fourth-order valence-electron chi connectivity index (χ4n) is 4.13. The zero-order valence-corrected chi connectivity index (χ0v) is 15.4. The summed E-state index contributed by atoms with van der Waals surface area (Å²) in [5, 5.41) is 0. The zero-order valence-electron chi connectivity index (χ0n) is 15.4. The summed E-state index contributed by atoms with van der Waals surface area (Å²) in [5.41, 5.74) is 2.06. The van der Waals surface area contributed by atoms with Crippen molar-refractivity contribution in [2.45, 2.75) is 57.8 Å². The Morgan fingerprint density at radius 3 is 2.44 bits per heavy atom. The second-order valence-electron chi connectivity index (χ2n) is 7.33. The predicted molar refractivity (Wildman–Crippen MR) is 97.3 cm³/mol. The number of nitrogens with zero attached hydrogens (tertiary/aromatic N) is 1. The van der Waals surface area contributed by atoms with Crippen molar-refractivity contribution in [2.75, 3.05) is 19.7 Å². The van der Waals surface area contributed by atoms with Gasteiger partial charge in [0.05, 0.1) is 17.9 Å². The highest BCUT2D eigenvalue weighted by atomic mass is 16.5. The molecule has 1 aromatic carbocycles. The van der Waals surface area contributed by atoms with E-state index in [-0.39, 0.29) is 23.2 Å². The van der Waals surface area contributed by atoms with Gasteiger partial charge in [0.1, 0.15) is 0 Å². The number of benzene rings is 1. The minimum Gasteiger partial charge on any atom is -0.466 e. The van der Waals surface area contributed by atoms with E-state index in [1.807, 2.05) is 11.8 Å². The van der Waals surface area contributed by atoms with E-state index in [1.54, 1.807) is 0 Å². The Kier molecular flexibility index (Phi) is 5.45. The van der Waals surface area contributed by atoms with Gasteiger partial charge in [-0.2, -0.15) is 0 Å². The molecule has 3 rings (SSSR count). The topological polar surface area (TPSA) is 46.6 Å². The molecule has 1 atom stereocenters. The number of ether oxygens (including phenoxy) is 1. The maximum Gasteiger partial charge on any atom is 0.310 e. The van der Waals surface area contributed by atoms with Crippen molar-refractivity contribution in [1.82, 2.24) is 4.90 Å². The van der Waals surface area contributed by atoms with Gasteiger partial charge in [0.2, 0.25) is 5.91 Å². The predicted octanol–water partition coefficient (Wildman–Crippen LogP) is 3.47. The number of likely N-dealkylation sites (tertiary alicyclic amines) is 1. The van der Waals surface area contributed by atoms with E-state index in [0.717, 1.165) is 50.6 Å². The monoisotopic (exact) mass is 343 g/mol. The number of hydrogen-bond donors (Lipinski definition) is 0. The van der Waals surface area contributed by atoms with Crippen LogP contribution in [0, 0.1) is 5.92 Å². The van der Waals surface area contributed by atoms with Gasteiger partial charge >= 0.3 is 5.97 Å². The van der Waals surface area contributed by atoms with Crippen molar-refractivity contribution in [2.24, 2.45) is 5.92 Å². The van der Waals surface area contributed by atoms with Crippen molar-refractivity contribution in [3.63, 3.8) is 0 Å². The molecule has 0 spiro atoms. The number of piperidine rings is 1. The Morgan fingerprint density at radius 2 is 1.88 bits per heavy atom. The number of amides is 1. The summed E-state index contributed by atoms with van der Waals surface area (Å²) in [7, 11) is 0. The minimum atomic E-state index is -0.372. The van der Waals surface area contributed by atoms with Gasteiger partial charge in [-0.25, -0.2) is 0 Å². The molecule has 1 heterocycles. The molecular formula is C21H29NO3. The molecule has 4 nitrogen and oxygen atoms in total. The van der Waals surface area contributed by atoms with Crippen molar-refractivity contribution in [3.8, 4) is 0 Å². The number of carbonyl (C=O) groups excluding carboxylic acids is 2. The highest BCUT2D eigenvalue weighted by Crippen LogP contribution is 2.45. The number of rotatable bonds is 5. The summed E-state index contributed by atoms with van der Waals surface area (Å²) in [5.74, 6) is -0.121. The van der Waals surface area contributed by atoms with Crippen molar-refractivity contribution >= 4 is 11.9 Å². The second-order valence-corrected chi connectivity index (χ2v) is 7.33. The summed E-state index contributed by atoms with van der Waals surface area (Å²) in [4.78, 5) is 27.4. The van der Waals surface area contributed by atoms with Crippen LogP contribution in [0.15, 0.2) is 24.3 Å². The van der Waals surface area contributed by atoms with Crippen LogP contribution in [0.25, 0.3) is 0 Å². The van der Waals surface area contributed by atoms with Gasteiger partial charge in [-0.15, -0.1) is 0 Å². The first-order valence-electron chi connectivity index (χ1n) is 9.66. The standard InChI is InChI=1S/C21H29NO3/c1-3-16-8-10-18(11-9-16)21(12-6-13-21)20(24)22-14-5-7-17(15-22)19(23)25-4-2/h8-11,17H,3-7,12-15H2,1-2H3. The maximum atomic E-state index is 13.4. The highest BCUT2D eigenvalue weighted by Gasteiger charge is 2.48. The molecule has 0 radical (unpaired) electrons. The van der Waals surface area contributed by atoms with Crippen molar-refractivity contribution < 1.29 is 14.3 Å². The number of esters is 1. The summed E-state index contributed by atoms with van der Waals surface area (Å²) >= 11 is 0. The first-order valence-corrected chi connectivity index (χ1v) is 9.66. The Labute approximate surface area is 150 Å². The molecule has 1 unspecified atom stereocenters. The Bertz CT molecular complexity index is 619. The lowest BCUT2D eigenvalue weighted by Crippen LogP contribution is -2.54. The summed E-state index contributed by atoms with van der Waals surface area (Å²) in [6, 6.07) is 8.53. The highest BCUT2D eigenvalue weighted by molar-refractivity contribution is 5.90. The third-order valence-electron chi connectivity index (χ3n) is 5.86. The first-order chi connectivity index (χ1) is 12.1. The Balaban J connectivity index is 1.76. The quantitative estimate of drug-likeness (QED) is 0.769. The molecule has 1 saturated carbocycles. The van der Waals surface area contributed by atoms with Gasteiger partial charge in [-0.3, -0.25) is 9.59 Å². The van der Waals surface area contributed by atoms with Crippen LogP contribution in [0.1, 0.15) is 57.1 Å². The number of hydrogen-bond acceptors (Lipinski definition) is 3. The van der Waals surface area contributed by atoms with Crippen LogP contribution >= 0.6 is 0 Å². The molecule has 2 aliphatic rings. The van der Waals surface area contributed by atoms with E-state index in [1.165, 1.54) is 5.56 Å². The maximum absolute atomic E-state index is 13.4. The molecule has 0 bridgehead atoms. The average Bonchev–Trinajstić information content (AvgIpc) is 2.61. The summed E-state index contributed by atoms with van der Waals surface area (Å²) in [6.45, 7) is 5.63. The fraction of sp³-hybridized carbons (Fsp3) is 0.619. The van der Waals surface area contributed by atoms with Crippen LogP contribution in [0.2, 0.25) is 0 Å². The van der Waals surface area contributed by atoms with E-state index < -0.39 is 0 Å². The lowest BCUT2D eigenvalue weighted by atomic mass is 9.63. The van der Waals surface area contributed by atoms with Crippen LogP contribution in [-0.4, -0.2) is 36.5 Å². The van der Waals surface area contributed by atoms with Gasteiger partial charge in [0.15, 0.2) is 0 Å². The molecule has 25 heavy (non-hydrogen) atoms. The molecule has 1 aliphatic carbocycles. The van der Waals surface area contributed by atoms with Gasteiger partial charge in [0.25, 0.3) is 0 Å². The first kappa shape index (κ1) is 18.0. The molecule has 1 amide bonds. The Morgan fingerprint density at radius 1 is 1.16 bits per heavy atom. The largest absolute Gasteiger partial charge is 0.466 e. The molecule has 1 saturated heterocycles. The van der Waals surface area contributed by atoms with E-state index in [2.05, 4.69) is 31.2 Å². The zero-order chi connectivity index (χ0) is 17.9. The van der Waals surface area contributed by atoms with Gasteiger partial charge in [-0.05, 0) is 50.2 Å². The molecule has 136 valence electrons. The van der Waals surface area contributed by atoms with Crippen LogP contribution in [0.5, 0.6) is 0 Å². The molecule has 1 aliphatic heterocycles. The van der Waals surface area contributed by atoms with E-state index in [0.29, 0.717) is 13.2 Å². The summed E-state index contributed by atoms with van der Waals surface area (Å²) in [6.07, 6.45) is 5.63. The van der Waals surface area contributed by atoms with Crippen molar-refractivity contribution in [3.05, 3.63) is 35.4 Å². The number of carbonyl (C=O) groups is 2. The molecule has 0 aromatic heterocycles. The van der Waals surface area contributed by atoms with Crippen LogP contribution < -0.4 is 0 Å². The lowest BCUT2D eigenvalue weighted by molar-refractivity contribution is -0.153. The molecule has 1 aromatic rings. The van der Waals surface area contributed by atoms with E-state index >= 15 is 0 Å². The minimum absolute atomic E-state index is 0.157. The van der Waals surface area contributed by atoms with Crippen LogP contribution in [-0.2, 0) is 26.2 Å². The second kappa shape index (κ2) is 7.59. The van der Waals surface area contributed by atoms with Crippen LogP contribution in [0.4, 0.5) is 0 Å². The van der Waals surface area contributed by atoms with Gasteiger partial charge < -0.3 is 9.64 Å². The van der Waals surface area contributed by atoms with Crippen molar-refractivity contribution in [1.29, 1.82) is 0 Å². The SMILES string of the molecule is CCOC(=O)C1CCCN(C(=O)C2(c3ccc(CC)cc3)CCC2)C1. The fourth-order valence-corrected chi connectivity index (χ4v) is 4.13. The third kappa shape index (κ3) is 3.44. The Hall–Kier alpha value is -1.84. The third-order valence-corrected chi connectivity index (χ3v) is 5.86. The summed E-state index contributed by atoms with van der Waals surface area (Å²) < 4.78 is 5.17. The normalized spacial score (nSPS) is 22.2. The van der Waals surface area contributed by atoms with E-state index in [9.17, 15) is 9.59 Å².